The van der Waals surface area contributed by atoms with Crippen LogP contribution in [0.25, 0.3) is 11.0 Å². The Kier molecular flexibility index (Phi) is 6.81. The molecule has 2 aliphatic rings. The van der Waals surface area contributed by atoms with Gasteiger partial charge in [-0.05, 0) is 49.1 Å². The number of benzene rings is 1. The molecule has 1 atom stereocenters. The van der Waals surface area contributed by atoms with Crippen molar-refractivity contribution in [2.24, 2.45) is 4.99 Å². The number of likely N-dealkylation sites (tertiary alicyclic amines) is 1. The Morgan fingerprint density at radius 2 is 1.92 bits per heavy atom. The van der Waals surface area contributed by atoms with Gasteiger partial charge in [0.05, 0.1) is 25.0 Å². The Bertz CT molecular complexity index is 1520. The van der Waals surface area contributed by atoms with Crippen molar-refractivity contribution < 1.29 is 14.0 Å². The summed E-state index contributed by atoms with van der Waals surface area (Å²) < 4.78 is 15.3. The topological polar surface area (TPSA) is 96.7 Å². The van der Waals surface area contributed by atoms with Gasteiger partial charge in [0.1, 0.15) is 23.4 Å². The fourth-order valence-corrected chi connectivity index (χ4v) is 5.42. The zero-order valence-corrected chi connectivity index (χ0v) is 22.3. The van der Waals surface area contributed by atoms with E-state index in [1.165, 1.54) is 16.4 Å². The molecule has 2 aromatic heterocycles. The third-order valence-electron chi connectivity index (χ3n) is 7.22. The number of rotatable bonds is 7. The monoisotopic (exact) mass is 537 g/mol. The molecule has 3 aromatic rings. The molecule has 10 heteroatoms. The number of aromatic nitrogens is 2. The minimum Gasteiger partial charge on any atom is -0.348 e. The van der Waals surface area contributed by atoms with Crippen LogP contribution in [0, 0.1) is 0 Å². The molecule has 0 radical (unpaired) electrons. The quantitative estimate of drug-likeness (QED) is 0.478. The number of pyridine rings is 2. The van der Waals surface area contributed by atoms with Gasteiger partial charge in [0, 0.05) is 28.6 Å². The molecule has 2 aliphatic heterocycles. The molecule has 0 bridgehead atoms. The van der Waals surface area contributed by atoms with Crippen LogP contribution < -0.4 is 10.9 Å². The van der Waals surface area contributed by atoms with E-state index in [9.17, 15) is 18.8 Å². The number of fused-ring (bicyclic) bond motifs is 3. The highest BCUT2D eigenvalue weighted by atomic mass is 35.5. The first-order valence-corrected chi connectivity index (χ1v) is 13.1. The summed E-state index contributed by atoms with van der Waals surface area (Å²) in [6.07, 6.45) is 3.17. The van der Waals surface area contributed by atoms with Crippen molar-refractivity contribution >= 4 is 45.8 Å². The summed E-state index contributed by atoms with van der Waals surface area (Å²) in [6, 6.07) is 8.60. The van der Waals surface area contributed by atoms with E-state index in [4.69, 9.17) is 16.6 Å². The second-order valence-electron chi connectivity index (χ2n) is 10.1. The molecule has 198 valence electrons. The Morgan fingerprint density at radius 3 is 2.55 bits per heavy atom. The van der Waals surface area contributed by atoms with Gasteiger partial charge >= 0.3 is 0 Å². The van der Waals surface area contributed by atoms with Crippen LogP contribution in [-0.4, -0.2) is 50.7 Å². The third-order valence-corrected chi connectivity index (χ3v) is 7.47. The second-order valence-corrected chi connectivity index (χ2v) is 10.6. The number of halogens is 2. The minimum absolute atomic E-state index is 0.0229. The van der Waals surface area contributed by atoms with Gasteiger partial charge in [0.15, 0.2) is 0 Å². The van der Waals surface area contributed by atoms with Gasteiger partial charge in [-0.15, -0.1) is 0 Å². The Morgan fingerprint density at radius 1 is 1.21 bits per heavy atom. The number of nitrogens with one attached hydrogen (secondary N) is 1. The smallest absolute Gasteiger partial charge is 0.265 e. The van der Waals surface area contributed by atoms with E-state index in [1.54, 1.807) is 36.5 Å². The van der Waals surface area contributed by atoms with E-state index < -0.39 is 23.0 Å². The molecule has 4 heterocycles. The SMILES string of the molecule is CCC1=Nc2cnc3c(cc(C(=O)NCc4ccc(Cl)cc4)c(=O)n3CC(=O)N3CC(C)(F)C3)c2C1CC. The Hall–Kier alpha value is -3.59. The average molecular weight is 538 g/mol. The summed E-state index contributed by atoms with van der Waals surface area (Å²) in [5.74, 6) is -0.939. The van der Waals surface area contributed by atoms with Crippen molar-refractivity contribution in [2.75, 3.05) is 13.1 Å². The number of carbonyl (C=O) groups excluding carboxylic acids is 2. The fraction of sp³-hybridized carbons (Fsp3) is 0.393. The summed E-state index contributed by atoms with van der Waals surface area (Å²) in [7, 11) is 0. The van der Waals surface area contributed by atoms with Gasteiger partial charge in [-0.25, -0.2) is 9.37 Å². The normalized spacial score (nSPS) is 17.7. The number of hydrogen-bond donors (Lipinski definition) is 1. The van der Waals surface area contributed by atoms with E-state index in [2.05, 4.69) is 17.2 Å². The van der Waals surface area contributed by atoms with Gasteiger partial charge in [-0.2, -0.15) is 0 Å². The molecule has 1 saturated heterocycles. The van der Waals surface area contributed by atoms with E-state index in [1.807, 2.05) is 6.92 Å². The number of nitrogens with zero attached hydrogens (tertiary/aromatic N) is 4. The molecule has 8 nitrogen and oxygen atoms in total. The molecule has 38 heavy (non-hydrogen) atoms. The Labute approximate surface area is 224 Å². The van der Waals surface area contributed by atoms with Crippen molar-refractivity contribution in [3.05, 3.63) is 68.6 Å². The van der Waals surface area contributed by atoms with Gasteiger partial charge in [0.25, 0.3) is 11.5 Å². The standard InChI is InChI=1S/C28H29ClFN5O3/c1-4-18-21(5-2)33-22-12-31-25-19(24(18)22)10-20(26(37)32-11-16-6-8-17(29)9-7-16)27(38)35(25)13-23(36)34-14-28(3,30)15-34/h6-10,12,18H,4-5,11,13-15H2,1-3H3,(H,32,37). The summed E-state index contributed by atoms with van der Waals surface area (Å²) in [4.78, 5) is 50.5. The maximum absolute atomic E-state index is 14.1. The lowest BCUT2D eigenvalue weighted by Crippen LogP contribution is -2.60. The third kappa shape index (κ3) is 4.71. The molecule has 0 saturated carbocycles. The highest BCUT2D eigenvalue weighted by Gasteiger charge is 2.41. The molecule has 1 fully saturated rings. The highest BCUT2D eigenvalue weighted by Crippen LogP contribution is 2.42. The average Bonchev–Trinajstić information content (AvgIpc) is 3.26. The van der Waals surface area contributed by atoms with E-state index in [-0.39, 0.29) is 37.7 Å². The number of alkyl halides is 1. The van der Waals surface area contributed by atoms with Crippen molar-refractivity contribution in [1.29, 1.82) is 0 Å². The van der Waals surface area contributed by atoms with Gasteiger partial charge < -0.3 is 10.2 Å². The van der Waals surface area contributed by atoms with Crippen LogP contribution in [0.15, 0.2) is 46.3 Å². The first-order valence-electron chi connectivity index (χ1n) is 12.7. The lowest BCUT2D eigenvalue weighted by atomic mass is 9.90. The van der Waals surface area contributed by atoms with Crippen LogP contribution in [0.3, 0.4) is 0 Å². The van der Waals surface area contributed by atoms with E-state index in [0.717, 1.165) is 29.7 Å². The Balaban J connectivity index is 1.57. The van der Waals surface area contributed by atoms with Crippen LogP contribution >= 0.6 is 11.6 Å². The van der Waals surface area contributed by atoms with Crippen molar-refractivity contribution in [1.82, 2.24) is 19.8 Å². The van der Waals surface area contributed by atoms with E-state index >= 15 is 0 Å². The number of amides is 2. The lowest BCUT2D eigenvalue weighted by molar-refractivity contribution is -0.144. The number of aliphatic imine (C=N–C) groups is 1. The molecule has 1 aromatic carbocycles. The van der Waals surface area contributed by atoms with E-state index in [0.29, 0.717) is 21.7 Å². The largest absolute Gasteiger partial charge is 0.348 e. The highest BCUT2D eigenvalue weighted by molar-refractivity contribution is 6.30. The zero-order chi connectivity index (χ0) is 27.2. The molecule has 0 spiro atoms. The maximum Gasteiger partial charge on any atom is 0.265 e. The number of hydrogen-bond acceptors (Lipinski definition) is 5. The number of carbonyl (C=O) groups is 2. The molecule has 1 unspecified atom stereocenters. The van der Waals surface area contributed by atoms with Gasteiger partial charge in [-0.3, -0.25) is 23.9 Å². The van der Waals surface area contributed by atoms with Crippen LogP contribution in [0.4, 0.5) is 10.1 Å². The van der Waals surface area contributed by atoms with Crippen LogP contribution in [-0.2, 0) is 17.9 Å². The zero-order valence-electron chi connectivity index (χ0n) is 21.6. The summed E-state index contributed by atoms with van der Waals surface area (Å²) in [5.41, 5.74) is 1.61. The fourth-order valence-electron chi connectivity index (χ4n) is 5.30. The second kappa shape index (κ2) is 9.94. The predicted molar refractivity (Wildman–Crippen MR) is 145 cm³/mol. The lowest BCUT2D eigenvalue weighted by Gasteiger charge is -2.42. The summed E-state index contributed by atoms with van der Waals surface area (Å²) in [5, 5.41) is 4.00. The van der Waals surface area contributed by atoms with Gasteiger partial charge in [-0.1, -0.05) is 37.6 Å². The molecule has 0 aliphatic carbocycles. The van der Waals surface area contributed by atoms with Crippen molar-refractivity contribution in [3.63, 3.8) is 0 Å². The molecular weight excluding hydrogens is 509 g/mol. The first-order chi connectivity index (χ1) is 18.1. The van der Waals surface area contributed by atoms with Crippen molar-refractivity contribution in [3.8, 4) is 0 Å². The maximum atomic E-state index is 14.1. The molecule has 2 amide bonds. The molecule has 1 N–H and O–H groups in total. The van der Waals surface area contributed by atoms with Crippen LogP contribution in [0.5, 0.6) is 0 Å². The van der Waals surface area contributed by atoms with Gasteiger partial charge in [0.2, 0.25) is 5.91 Å². The van der Waals surface area contributed by atoms with Crippen LogP contribution in [0.1, 0.15) is 61.0 Å². The molecular formula is C28H29ClFN5O3. The van der Waals surface area contributed by atoms with Crippen LogP contribution in [0.2, 0.25) is 5.02 Å². The summed E-state index contributed by atoms with van der Waals surface area (Å²) in [6.45, 7) is 5.33. The first kappa shape index (κ1) is 26.0. The molecule has 5 rings (SSSR count). The van der Waals surface area contributed by atoms with Crippen molar-refractivity contribution in [2.45, 2.75) is 58.3 Å². The summed E-state index contributed by atoms with van der Waals surface area (Å²) >= 11 is 5.95. The minimum atomic E-state index is -1.44. The predicted octanol–water partition coefficient (Wildman–Crippen LogP) is 4.54.